The van der Waals surface area contributed by atoms with Gasteiger partial charge in [0, 0.05) is 35.4 Å². The van der Waals surface area contributed by atoms with Crippen molar-refractivity contribution < 1.29 is 13.9 Å². The molecule has 2 aromatic rings. The Kier molecular flexibility index (Phi) is 4.24. The summed E-state index contributed by atoms with van der Waals surface area (Å²) in [6.45, 7) is 1.55. The molecule has 1 aromatic heterocycles. The summed E-state index contributed by atoms with van der Waals surface area (Å²) in [7, 11) is 0. The number of nitrogens with zero attached hydrogens (tertiary/aromatic N) is 1. The molecule has 0 radical (unpaired) electrons. The van der Waals surface area contributed by atoms with Crippen molar-refractivity contribution in [1.29, 1.82) is 0 Å². The summed E-state index contributed by atoms with van der Waals surface area (Å²) in [4.78, 5) is 18.7. The normalized spacial score (nSPS) is 11.1. The molecular weight excluding hydrogens is 266 g/mol. The van der Waals surface area contributed by atoms with Crippen molar-refractivity contribution in [2.24, 2.45) is 0 Å². The number of halogens is 2. The lowest BCUT2D eigenvalue weighted by Gasteiger charge is -2.07. The molecule has 6 heteroatoms. The van der Waals surface area contributed by atoms with Crippen LogP contribution in [0, 0.1) is 6.92 Å². The van der Waals surface area contributed by atoms with E-state index >= 15 is 0 Å². The Balaban J connectivity index is 2.41. The topological polar surface area (TPSA) is 66.0 Å². The molecule has 20 heavy (non-hydrogen) atoms. The van der Waals surface area contributed by atoms with E-state index in [1.807, 2.05) is 0 Å². The number of aromatic nitrogens is 2. The first kappa shape index (κ1) is 14.3. The molecule has 0 unspecified atom stereocenters. The SMILES string of the molecule is Cc1nc(-c2ccc(C(F)F)cc2)[nH]c(=O)c1CCO. The standard InChI is InChI=1S/C14H14F2N2O2/c1-8-11(6-7-19)14(20)18-13(17-8)10-4-2-9(3-5-10)12(15)16/h2-5,12,19H,6-7H2,1H3,(H,17,18,20). The van der Waals surface area contributed by atoms with Gasteiger partial charge in [-0.1, -0.05) is 24.3 Å². The Labute approximate surface area is 114 Å². The second-order valence-corrected chi connectivity index (χ2v) is 4.37. The zero-order valence-corrected chi connectivity index (χ0v) is 10.9. The van der Waals surface area contributed by atoms with Gasteiger partial charge in [0.1, 0.15) is 5.82 Å². The Morgan fingerprint density at radius 3 is 2.45 bits per heavy atom. The van der Waals surface area contributed by atoms with E-state index in [0.717, 1.165) is 0 Å². The third kappa shape index (κ3) is 2.91. The number of aliphatic hydroxyl groups is 1. The van der Waals surface area contributed by atoms with Crippen molar-refractivity contribution in [3.05, 3.63) is 51.4 Å². The zero-order valence-electron chi connectivity index (χ0n) is 10.9. The number of aliphatic hydroxyl groups excluding tert-OH is 1. The average Bonchev–Trinajstić information content (AvgIpc) is 2.42. The maximum Gasteiger partial charge on any atom is 0.263 e. The van der Waals surface area contributed by atoms with E-state index in [1.54, 1.807) is 6.92 Å². The number of hydrogen-bond donors (Lipinski definition) is 2. The number of H-pyrrole nitrogens is 1. The first-order valence-corrected chi connectivity index (χ1v) is 6.12. The van der Waals surface area contributed by atoms with Gasteiger partial charge in [0.15, 0.2) is 0 Å². The number of aryl methyl sites for hydroxylation is 1. The number of alkyl halides is 2. The maximum atomic E-state index is 12.5. The van der Waals surface area contributed by atoms with Crippen LogP contribution in [0.5, 0.6) is 0 Å². The minimum Gasteiger partial charge on any atom is -0.396 e. The molecule has 2 rings (SSSR count). The maximum absolute atomic E-state index is 12.5. The number of nitrogens with one attached hydrogen (secondary N) is 1. The number of benzene rings is 1. The van der Waals surface area contributed by atoms with Gasteiger partial charge in [0.2, 0.25) is 0 Å². The Hall–Kier alpha value is -2.08. The highest BCUT2D eigenvalue weighted by molar-refractivity contribution is 5.55. The van der Waals surface area contributed by atoms with Gasteiger partial charge in [-0.2, -0.15) is 0 Å². The van der Waals surface area contributed by atoms with E-state index < -0.39 is 6.43 Å². The van der Waals surface area contributed by atoms with Gasteiger partial charge in [-0.25, -0.2) is 13.8 Å². The summed E-state index contributed by atoms with van der Waals surface area (Å²) in [6.07, 6.45) is -2.29. The van der Waals surface area contributed by atoms with Crippen LogP contribution in [-0.2, 0) is 6.42 Å². The third-order valence-corrected chi connectivity index (χ3v) is 3.02. The Morgan fingerprint density at radius 2 is 1.95 bits per heavy atom. The number of rotatable bonds is 4. The fraction of sp³-hybridized carbons (Fsp3) is 0.286. The van der Waals surface area contributed by atoms with Crippen molar-refractivity contribution in [3.8, 4) is 11.4 Å². The third-order valence-electron chi connectivity index (χ3n) is 3.02. The van der Waals surface area contributed by atoms with E-state index in [0.29, 0.717) is 22.6 Å². The summed E-state index contributed by atoms with van der Waals surface area (Å²) in [5, 5.41) is 8.89. The minimum absolute atomic E-state index is 0.0790. The lowest BCUT2D eigenvalue weighted by Crippen LogP contribution is -2.18. The monoisotopic (exact) mass is 280 g/mol. The molecule has 0 aliphatic carbocycles. The first-order chi connectivity index (χ1) is 9.52. The quantitative estimate of drug-likeness (QED) is 0.902. The summed E-state index contributed by atoms with van der Waals surface area (Å²) in [6, 6.07) is 5.59. The van der Waals surface area contributed by atoms with Crippen molar-refractivity contribution >= 4 is 0 Å². The van der Waals surface area contributed by atoms with Crippen LogP contribution in [0.1, 0.15) is 23.2 Å². The molecule has 1 aromatic carbocycles. The predicted octanol–water partition coefficient (Wildman–Crippen LogP) is 2.22. The molecule has 2 N–H and O–H groups in total. The first-order valence-electron chi connectivity index (χ1n) is 6.12. The molecule has 0 bridgehead atoms. The van der Waals surface area contributed by atoms with Crippen LogP contribution in [0.25, 0.3) is 11.4 Å². The fourth-order valence-corrected chi connectivity index (χ4v) is 1.94. The van der Waals surface area contributed by atoms with Gasteiger partial charge in [-0.15, -0.1) is 0 Å². The molecule has 0 spiro atoms. The van der Waals surface area contributed by atoms with E-state index in [9.17, 15) is 13.6 Å². The van der Waals surface area contributed by atoms with Crippen molar-refractivity contribution in [3.63, 3.8) is 0 Å². The molecule has 1 heterocycles. The Morgan fingerprint density at radius 1 is 1.30 bits per heavy atom. The second kappa shape index (κ2) is 5.92. The number of aromatic amines is 1. The summed E-state index contributed by atoms with van der Waals surface area (Å²) in [5.41, 5.74) is 1.12. The van der Waals surface area contributed by atoms with Gasteiger partial charge in [-0.05, 0) is 6.92 Å². The van der Waals surface area contributed by atoms with Crippen LogP contribution in [-0.4, -0.2) is 21.7 Å². The smallest absolute Gasteiger partial charge is 0.263 e. The molecule has 0 atom stereocenters. The highest BCUT2D eigenvalue weighted by Crippen LogP contribution is 2.22. The predicted molar refractivity (Wildman–Crippen MR) is 70.8 cm³/mol. The van der Waals surface area contributed by atoms with E-state index in [4.69, 9.17) is 5.11 Å². The minimum atomic E-state index is -2.52. The van der Waals surface area contributed by atoms with Crippen molar-refractivity contribution in [2.45, 2.75) is 19.8 Å². The van der Waals surface area contributed by atoms with Crippen molar-refractivity contribution in [1.82, 2.24) is 9.97 Å². The second-order valence-electron chi connectivity index (χ2n) is 4.37. The molecule has 0 amide bonds. The van der Waals surface area contributed by atoms with Crippen LogP contribution in [0.2, 0.25) is 0 Å². The van der Waals surface area contributed by atoms with E-state index in [-0.39, 0.29) is 24.2 Å². The zero-order chi connectivity index (χ0) is 14.7. The molecule has 0 aliphatic rings. The van der Waals surface area contributed by atoms with Crippen LogP contribution < -0.4 is 5.56 Å². The van der Waals surface area contributed by atoms with E-state index in [1.165, 1.54) is 24.3 Å². The molecule has 4 nitrogen and oxygen atoms in total. The molecule has 106 valence electrons. The van der Waals surface area contributed by atoms with Gasteiger partial charge in [0.05, 0.1) is 0 Å². The summed E-state index contributed by atoms with van der Waals surface area (Å²) < 4.78 is 24.9. The lowest BCUT2D eigenvalue weighted by atomic mass is 10.1. The van der Waals surface area contributed by atoms with Crippen LogP contribution in [0.3, 0.4) is 0 Å². The summed E-state index contributed by atoms with van der Waals surface area (Å²) >= 11 is 0. The largest absolute Gasteiger partial charge is 0.396 e. The van der Waals surface area contributed by atoms with Crippen LogP contribution in [0.15, 0.2) is 29.1 Å². The van der Waals surface area contributed by atoms with Gasteiger partial charge >= 0.3 is 0 Å². The van der Waals surface area contributed by atoms with Crippen LogP contribution >= 0.6 is 0 Å². The summed E-state index contributed by atoms with van der Waals surface area (Å²) in [5.74, 6) is 0.329. The van der Waals surface area contributed by atoms with E-state index in [2.05, 4.69) is 9.97 Å². The number of hydrogen-bond acceptors (Lipinski definition) is 3. The lowest BCUT2D eigenvalue weighted by molar-refractivity contribution is 0.151. The molecule has 0 saturated carbocycles. The molecular formula is C14H14F2N2O2. The van der Waals surface area contributed by atoms with Crippen molar-refractivity contribution in [2.75, 3.05) is 6.61 Å². The van der Waals surface area contributed by atoms with Crippen LogP contribution in [0.4, 0.5) is 8.78 Å². The van der Waals surface area contributed by atoms with Gasteiger partial charge in [-0.3, -0.25) is 4.79 Å². The Bertz CT molecular complexity index is 651. The molecule has 0 saturated heterocycles. The van der Waals surface area contributed by atoms with Gasteiger partial charge < -0.3 is 10.1 Å². The molecule has 0 aliphatic heterocycles. The van der Waals surface area contributed by atoms with Gasteiger partial charge in [0.25, 0.3) is 12.0 Å². The highest BCUT2D eigenvalue weighted by atomic mass is 19.3. The average molecular weight is 280 g/mol. The fourth-order valence-electron chi connectivity index (χ4n) is 1.94. The molecule has 0 fully saturated rings. The highest BCUT2D eigenvalue weighted by Gasteiger charge is 2.10.